The average molecular weight is 343 g/mol. The van der Waals surface area contributed by atoms with Gasteiger partial charge in [-0.05, 0) is 30.2 Å². The summed E-state index contributed by atoms with van der Waals surface area (Å²) in [5, 5.41) is 2.83. The number of aryl methyl sites for hydroxylation is 1. The van der Waals surface area contributed by atoms with Crippen LogP contribution in [0, 0.1) is 5.82 Å². The molecule has 20 heavy (non-hydrogen) atoms. The first-order valence-electron chi connectivity index (χ1n) is 6.43. The minimum atomic E-state index is -0.313. The second-order valence-corrected chi connectivity index (χ2v) is 5.83. The molecular weight excluding hydrogens is 327 g/mol. The second kappa shape index (κ2) is 6.35. The van der Waals surface area contributed by atoms with Gasteiger partial charge in [0.25, 0.3) is 0 Å². The molecule has 2 rings (SSSR count). The van der Waals surface area contributed by atoms with Crippen LogP contribution in [-0.4, -0.2) is 36.3 Å². The molecule has 1 aromatic rings. The molecule has 108 valence electrons. The Labute approximate surface area is 125 Å². The van der Waals surface area contributed by atoms with Crippen LogP contribution >= 0.6 is 15.9 Å². The minimum Gasteiger partial charge on any atom is -0.351 e. The average Bonchev–Trinajstić information content (AvgIpc) is 2.69. The minimum absolute atomic E-state index is 0.0446. The zero-order valence-electron chi connectivity index (χ0n) is 11.2. The highest BCUT2D eigenvalue weighted by molar-refractivity contribution is 9.10. The van der Waals surface area contributed by atoms with E-state index in [2.05, 4.69) is 21.2 Å². The molecule has 0 radical (unpaired) electrons. The molecule has 1 unspecified atom stereocenters. The molecule has 1 atom stereocenters. The summed E-state index contributed by atoms with van der Waals surface area (Å²) >= 11 is 3.33. The number of hydrogen-bond acceptors (Lipinski definition) is 2. The van der Waals surface area contributed by atoms with Crippen LogP contribution in [-0.2, 0) is 16.0 Å². The van der Waals surface area contributed by atoms with Gasteiger partial charge in [0, 0.05) is 30.9 Å². The Morgan fingerprint density at radius 2 is 2.30 bits per heavy atom. The summed E-state index contributed by atoms with van der Waals surface area (Å²) in [6, 6.07) is 4.31. The summed E-state index contributed by atoms with van der Waals surface area (Å²) in [5.41, 5.74) is 0.764. The Morgan fingerprint density at radius 3 is 2.95 bits per heavy atom. The van der Waals surface area contributed by atoms with E-state index in [1.807, 2.05) is 0 Å². The first kappa shape index (κ1) is 15.0. The van der Waals surface area contributed by atoms with Gasteiger partial charge < -0.3 is 10.2 Å². The summed E-state index contributed by atoms with van der Waals surface area (Å²) in [7, 11) is 1.72. The zero-order chi connectivity index (χ0) is 14.7. The quantitative estimate of drug-likeness (QED) is 0.907. The number of rotatable bonds is 4. The lowest BCUT2D eigenvalue weighted by Gasteiger charge is -2.12. The number of carbonyl (C=O) groups is 2. The zero-order valence-corrected chi connectivity index (χ0v) is 12.7. The monoisotopic (exact) mass is 342 g/mol. The molecule has 0 spiro atoms. The molecule has 0 aliphatic carbocycles. The number of benzene rings is 1. The number of hydrogen-bond donors (Lipinski definition) is 1. The molecule has 0 aromatic heterocycles. The first-order chi connectivity index (χ1) is 9.45. The van der Waals surface area contributed by atoms with Crippen molar-refractivity contribution in [1.29, 1.82) is 0 Å². The molecule has 1 aliphatic rings. The van der Waals surface area contributed by atoms with E-state index in [4.69, 9.17) is 0 Å². The van der Waals surface area contributed by atoms with Crippen molar-refractivity contribution < 1.29 is 14.0 Å². The number of halogens is 2. The van der Waals surface area contributed by atoms with Crippen molar-refractivity contribution in [1.82, 2.24) is 10.2 Å². The van der Waals surface area contributed by atoms with E-state index < -0.39 is 0 Å². The normalized spacial score (nSPS) is 18.4. The van der Waals surface area contributed by atoms with E-state index in [1.165, 1.54) is 12.1 Å². The van der Waals surface area contributed by atoms with Crippen LogP contribution in [0.2, 0.25) is 0 Å². The van der Waals surface area contributed by atoms with Crippen LogP contribution in [0.25, 0.3) is 0 Å². The lowest BCUT2D eigenvalue weighted by molar-refractivity contribution is -0.126. The molecule has 1 fully saturated rings. The Kier molecular flexibility index (Phi) is 4.75. The molecule has 0 saturated carbocycles. The summed E-state index contributed by atoms with van der Waals surface area (Å²) in [4.78, 5) is 24.8. The van der Waals surface area contributed by atoms with E-state index in [1.54, 1.807) is 18.0 Å². The van der Waals surface area contributed by atoms with E-state index >= 15 is 0 Å². The Balaban J connectivity index is 1.83. The molecule has 4 nitrogen and oxygen atoms in total. The topological polar surface area (TPSA) is 49.4 Å². The maximum atomic E-state index is 13.1. The number of carbonyl (C=O) groups excluding carboxylic acids is 2. The van der Waals surface area contributed by atoms with E-state index in [9.17, 15) is 14.0 Å². The van der Waals surface area contributed by atoms with Gasteiger partial charge in [0.15, 0.2) is 0 Å². The predicted octanol–water partition coefficient (Wildman–Crippen LogP) is 1.87. The van der Waals surface area contributed by atoms with E-state index in [0.29, 0.717) is 19.4 Å². The molecule has 1 aromatic carbocycles. The molecule has 1 N–H and O–H groups in total. The third-order valence-electron chi connectivity index (χ3n) is 3.34. The highest BCUT2D eigenvalue weighted by Gasteiger charge is 2.27. The third-order valence-corrected chi connectivity index (χ3v) is 4.11. The fourth-order valence-electron chi connectivity index (χ4n) is 2.24. The Morgan fingerprint density at radius 1 is 1.55 bits per heavy atom. The van der Waals surface area contributed by atoms with Gasteiger partial charge in [-0.1, -0.05) is 15.9 Å². The summed E-state index contributed by atoms with van der Waals surface area (Å²) in [5.74, 6) is -0.385. The summed E-state index contributed by atoms with van der Waals surface area (Å²) < 4.78 is 13.9. The maximum Gasteiger partial charge on any atom is 0.224 e. The lowest BCUT2D eigenvalue weighted by Crippen LogP contribution is -2.36. The summed E-state index contributed by atoms with van der Waals surface area (Å²) in [6.45, 7) is 0.550. The van der Waals surface area contributed by atoms with E-state index in [-0.39, 0.29) is 30.1 Å². The molecule has 0 bridgehead atoms. The van der Waals surface area contributed by atoms with Crippen LogP contribution in [0.1, 0.15) is 18.4 Å². The number of likely N-dealkylation sites (N-methyl/N-ethyl adjacent to an activating group) is 1. The van der Waals surface area contributed by atoms with Gasteiger partial charge in [0.2, 0.25) is 11.8 Å². The number of nitrogens with zero attached hydrogens (tertiary/aromatic N) is 1. The first-order valence-corrected chi connectivity index (χ1v) is 7.22. The van der Waals surface area contributed by atoms with Gasteiger partial charge in [-0.25, -0.2) is 4.39 Å². The SMILES string of the molecule is CN1CC(NC(=O)CCc2cc(F)ccc2Br)CC1=O. The predicted molar refractivity (Wildman–Crippen MR) is 76.6 cm³/mol. The van der Waals surface area contributed by atoms with Crippen LogP contribution in [0.15, 0.2) is 22.7 Å². The third kappa shape index (κ3) is 3.79. The largest absolute Gasteiger partial charge is 0.351 e. The van der Waals surface area contributed by atoms with Gasteiger partial charge in [-0.3, -0.25) is 9.59 Å². The fraction of sp³-hybridized carbons (Fsp3) is 0.429. The summed E-state index contributed by atoms with van der Waals surface area (Å²) in [6.07, 6.45) is 1.09. The van der Waals surface area contributed by atoms with Crippen molar-refractivity contribution in [3.8, 4) is 0 Å². The number of likely N-dealkylation sites (tertiary alicyclic amines) is 1. The van der Waals surface area contributed by atoms with Crippen LogP contribution in [0.4, 0.5) is 4.39 Å². The highest BCUT2D eigenvalue weighted by atomic mass is 79.9. The van der Waals surface area contributed by atoms with E-state index in [0.717, 1.165) is 10.0 Å². The fourth-order valence-corrected chi connectivity index (χ4v) is 2.69. The van der Waals surface area contributed by atoms with Gasteiger partial charge in [0.05, 0.1) is 6.04 Å². The standard InChI is InChI=1S/C14H16BrFN2O2/c1-18-8-11(7-14(18)20)17-13(19)5-2-9-6-10(16)3-4-12(9)15/h3-4,6,11H,2,5,7-8H2,1H3,(H,17,19). The van der Waals surface area contributed by atoms with Gasteiger partial charge in [0.1, 0.15) is 5.82 Å². The molecule has 1 saturated heterocycles. The van der Waals surface area contributed by atoms with Crippen molar-refractivity contribution in [2.45, 2.75) is 25.3 Å². The highest BCUT2D eigenvalue weighted by Crippen LogP contribution is 2.19. The number of nitrogens with one attached hydrogen (secondary N) is 1. The Hall–Kier alpha value is -1.43. The van der Waals surface area contributed by atoms with Crippen LogP contribution < -0.4 is 5.32 Å². The smallest absolute Gasteiger partial charge is 0.224 e. The van der Waals surface area contributed by atoms with Gasteiger partial charge in [-0.2, -0.15) is 0 Å². The van der Waals surface area contributed by atoms with Crippen LogP contribution in [0.5, 0.6) is 0 Å². The molecule has 2 amide bonds. The van der Waals surface area contributed by atoms with Crippen molar-refractivity contribution in [3.63, 3.8) is 0 Å². The van der Waals surface area contributed by atoms with Gasteiger partial charge in [-0.15, -0.1) is 0 Å². The van der Waals surface area contributed by atoms with Crippen LogP contribution in [0.3, 0.4) is 0 Å². The molecule has 6 heteroatoms. The second-order valence-electron chi connectivity index (χ2n) is 4.98. The molecule has 1 aliphatic heterocycles. The van der Waals surface area contributed by atoms with Crippen molar-refractivity contribution in [2.75, 3.05) is 13.6 Å². The maximum absolute atomic E-state index is 13.1. The Bertz CT molecular complexity index is 536. The van der Waals surface area contributed by atoms with Gasteiger partial charge >= 0.3 is 0 Å². The number of amides is 2. The van der Waals surface area contributed by atoms with Crippen molar-refractivity contribution in [2.24, 2.45) is 0 Å². The molecule has 1 heterocycles. The lowest BCUT2D eigenvalue weighted by atomic mass is 10.1. The van der Waals surface area contributed by atoms with Crippen molar-refractivity contribution >= 4 is 27.7 Å². The molecular formula is C14H16BrFN2O2. The van der Waals surface area contributed by atoms with Crippen molar-refractivity contribution in [3.05, 3.63) is 34.1 Å².